The lowest BCUT2D eigenvalue weighted by atomic mass is 9.86. The number of carbonyl (C=O) groups is 1. The smallest absolute Gasteiger partial charge is 0.315 e. The van der Waals surface area contributed by atoms with Gasteiger partial charge in [0.15, 0.2) is 0 Å². The minimum Gasteiger partial charge on any atom is -0.338 e. The zero-order valence-corrected chi connectivity index (χ0v) is 13.4. The van der Waals surface area contributed by atoms with Gasteiger partial charge in [-0.1, -0.05) is 31.9 Å². The molecule has 1 aromatic carbocycles. The highest BCUT2D eigenvalue weighted by molar-refractivity contribution is 5.74. The van der Waals surface area contributed by atoms with Gasteiger partial charge < -0.3 is 10.6 Å². The molecule has 1 aliphatic carbocycles. The number of hydrogen-bond donors (Lipinski definition) is 2. The second-order valence-electron chi connectivity index (χ2n) is 6.35. The van der Waals surface area contributed by atoms with E-state index in [4.69, 9.17) is 0 Å². The maximum Gasteiger partial charge on any atom is 0.315 e. The predicted octanol–water partition coefficient (Wildman–Crippen LogP) is 4.03. The summed E-state index contributed by atoms with van der Waals surface area (Å²) in [5.41, 5.74) is 1.14. The molecule has 1 aromatic rings. The Labute approximate surface area is 132 Å². The van der Waals surface area contributed by atoms with Gasteiger partial charge in [-0.15, -0.1) is 0 Å². The van der Waals surface area contributed by atoms with Crippen LogP contribution in [0.5, 0.6) is 0 Å². The molecule has 2 N–H and O–H groups in total. The minimum atomic E-state index is -0.195. The van der Waals surface area contributed by atoms with Crippen LogP contribution in [0.25, 0.3) is 0 Å². The van der Waals surface area contributed by atoms with Gasteiger partial charge in [0.1, 0.15) is 5.82 Å². The molecule has 4 heteroatoms. The number of aryl methyl sites for hydroxylation is 1. The summed E-state index contributed by atoms with van der Waals surface area (Å²) in [6.07, 6.45) is 7.65. The average molecular weight is 306 g/mol. The van der Waals surface area contributed by atoms with Crippen molar-refractivity contribution in [2.75, 3.05) is 6.54 Å². The number of carbonyl (C=O) groups excluding carboxylic acids is 1. The van der Waals surface area contributed by atoms with Gasteiger partial charge in [-0.25, -0.2) is 9.18 Å². The summed E-state index contributed by atoms with van der Waals surface area (Å²) in [4.78, 5) is 11.9. The molecule has 0 bridgehead atoms. The van der Waals surface area contributed by atoms with E-state index in [2.05, 4.69) is 17.6 Å². The van der Waals surface area contributed by atoms with Gasteiger partial charge in [0.25, 0.3) is 0 Å². The number of hydrogen-bond acceptors (Lipinski definition) is 1. The third-order valence-electron chi connectivity index (χ3n) is 4.52. The van der Waals surface area contributed by atoms with Crippen LogP contribution in [-0.2, 0) is 6.42 Å². The van der Waals surface area contributed by atoms with Crippen molar-refractivity contribution in [1.82, 2.24) is 10.6 Å². The number of unbranched alkanes of at least 4 members (excludes halogenated alkanes) is 1. The molecular weight excluding hydrogens is 279 g/mol. The van der Waals surface area contributed by atoms with Gasteiger partial charge in [-0.05, 0) is 55.7 Å². The molecule has 3 nitrogen and oxygen atoms in total. The molecular formula is C18H27FN2O. The first-order valence-corrected chi connectivity index (χ1v) is 8.44. The molecule has 2 atom stereocenters. The first-order chi connectivity index (χ1) is 10.6. The lowest BCUT2D eigenvalue weighted by Crippen LogP contribution is -2.46. The van der Waals surface area contributed by atoms with Crippen LogP contribution in [0, 0.1) is 11.7 Å². The Morgan fingerprint density at radius 2 is 1.91 bits per heavy atom. The highest BCUT2D eigenvalue weighted by Gasteiger charge is 2.22. The van der Waals surface area contributed by atoms with Gasteiger partial charge in [-0.2, -0.15) is 0 Å². The first kappa shape index (κ1) is 16.8. The number of halogens is 1. The van der Waals surface area contributed by atoms with Crippen molar-refractivity contribution in [3.05, 3.63) is 35.6 Å². The highest BCUT2D eigenvalue weighted by atomic mass is 19.1. The Bertz CT molecular complexity index is 461. The van der Waals surface area contributed by atoms with Gasteiger partial charge >= 0.3 is 6.03 Å². The van der Waals surface area contributed by atoms with Crippen LogP contribution in [0.2, 0.25) is 0 Å². The minimum absolute atomic E-state index is 0.0412. The molecule has 0 aliphatic heterocycles. The van der Waals surface area contributed by atoms with E-state index in [1.807, 2.05) is 12.1 Å². The third kappa shape index (κ3) is 5.66. The molecule has 0 aromatic heterocycles. The van der Waals surface area contributed by atoms with E-state index in [0.717, 1.165) is 31.2 Å². The Balaban J connectivity index is 1.56. The number of rotatable bonds is 6. The summed E-state index contributed by atoms with van der Waals surface area (Å²) in [6, 6.07) is 6.91. The number of benzene rings is 1. The fourth-order valence-electron chi connectivity index (χ4n) is 3.06. The molecule has 122 valence electrons. The van der Waals surface area contributed by atoms with E-state index < -0.39 is 0 Å². The Morgan fingerprint density at radius 1 is 1.18 bits per heavy atom. The molecule has 0 spiro atoms. The number of nitrogens with one attached hydrogen (secondary N) is 2. The average Bonchev–Trinajstić information content (AvgIpc) is 2.51. The largest absolute Gasteiger partial charge is 0.338 e. The second kappa shape index (κ2) is 8.76. The Kier molecular flexibility index (Phi) is 6.69. The number of amides is 2. The third-order valence-corrected chi connectivity index (χ3v) is 4.52. The summed E-state index contributed by atoms with van der Waals surface area (Å²) in [5, 5.41) is 6.03. The summed E-state index contributed by atoms with van der Waals surface area (Å²) in [5.74, 6) is 0.386. The maximum atomic E-state index is 12.8. The van der Waals surface area contributed by atoms with Crippen molar-refractivity contribution in [1.29, 1.82) is 0 Å². The predicted molar refractivity (Wildman–Crippen MR) is 87.3 cm³/mol. The molecule has 2 unspecified atom stereocenters. The van der Waals surface area contributed by atoms with Crippen LogP contribution < -0.4 is 10.6 Å². The molecule has 1 aliphatic rings. The summed E-state index contributed by atoms with van der Waals surface area (Å²) in [7, 11) is 0. The number of urea groups is 1. The van der Waals surface area contributed by atoms with Crippen molar-refractivity contribution in [2.24, 2.45) is 5.92 Å². The molecule has 2 rings (SSSR count). The van der Waals surface area contributed by atoms with E-state index in [1.165, 1.54) is 31.4 Å². The van der Waals surface area contributed by atoms with E-state index in [9.17, 15) is 9.18 Å². The highest BCUT2D eigenvalue weighted by Crippen LogP contribution is 2.23. The van der Waals surface area contributed by atoms with Gasteiger partial charge in [0.05, 0.1) is 0 Å². The van der Waals surface area contributed by atoms with E-state index in [0.29, 0.717) is 18.5 Å². The summed E-state index contributed by atoms with van der Waals surface area (Å²) < 4.78 is 12.8. The zero-order chi connectivity index (χ0) is 15.8. The first-order valence-electron chi connectivity index (χ1n) is 8.44. The normalized spacial score (nSPS) is 21.4. The van der Waals surface area contributed by atoms with E-state index >= 15 is 0 Å². The van der Waals surface area contributed by atoms with Crippen LogP contribution >= 0.6 is 0 Å². The van der Waals surface area contributed by atoms with E-state index in [1.54, 1.807) is 0 Å². The summed E-state index contributed by atoms with van der Waals surface area (Å²) in [6.45, 7) is 2.90. The van der Waals surface area contributed by atoms with Crippen molar-refractivity contribution in [3.63, 3.8) is 0 Å². The van der Waals surface area contributed by atoms with Crippen molar-refractivity contribution >= 4 is 6.03 Å². The molecule has 0 saturated heterocycles. The Morgan fingerprint density at radius 3 is 2.64 bits per heavy atom. The fourth-order valence-corrected chi connectivity index (χ4v) is 3.06. The molecule has 0 radical (unpaired) electrons. The molecule has 1 fully saturated rings. The SMILES string of the molecule is CC1CCCCC1NC(=O)NCCCCc1ccc(F)cc1. The molecule has 22 heavy (non-hydrogen) atoms. The van der Waals surface area contributed by atoms with Crippen molar-refractivity contribution in [2.45, 2.75) is 57.9 Å². The quantitative estimate of drug-likeness (QED) is 0.766. The molecule has 1 saturated carbocycles. The standard InChI is InChI=1S/C18H27FN2O/c1-14-6-2-3-8-17(14)21-18(22)20-13-5-4-7-15-9-11-16(19)12-10-15/h9-12,14,17H,2-8,13H2,1H3,(H2,20,21,22). The van der Waals surface area contributed by atoms with E-state index in [-0.39, 0.29) is 11.8 Å². The molecule has 2 amide bonds. The maximum absolute atomic E-state index is 12.8. The van der Waals surface area contributed by atoms with Crippen LogP contribution in [0.1, 0.15) is 51.0 Å². The lowest BCUT2D eigenvalue weighted by Gasteiger charge is -2.29. The second-order valence-corrected chi connectivity index (χ2v) is 6.35. The zero-order valence-electron chi connectivity index (χ0n) is 13.4. The van der Waals surface area contributed by atoms with Gasteiger partial charge in [-0.3, -0.25) is 0 Å². The summed E-state index contributed by atoms with van der Waals surface area (Å²) >= 11 is 0. The van der Waals surface area contributed by atoms with Crippen molar-refractivity contribution in [3.8, 4) is 0 Å². The van der Waals surface area contributed by atoms with Crippen molar-refractivity contribution < 1.29 is 9.18 Å². The van der Waals surface area contributed by atoms with Crippen LogP contribution in [-0.4, -0.2) is 18.6 Å². The van der Waals surface area contributed by atoms with Crippen LogP contribution in [0.4, 0.5) is 9.18 Å². The van der Waals surface area contributed by atoms with Gasteiger partial charge in [0.2, 0.25) is 0 Å². The van der Waals surface area contributed by atoms with Crippen LogP contribution in [0.3, 0.4) is 0 Å². The van der Waals surface area contributed by atoms with Crippen LogP contribution in [0.15, 0.2) is 24.3 Å². The fraction of sp³-hybridized carbons (Fsp3) is 0.611. The lowest BCUT2D eigenvalue weighted by molar-refractivity contribution is 0.221. The molecule has 0 heterocycles. The topological polar surface area (TPSA) is 41.1 Å². The monoisotopic (exact) mass is 306 g/mol. The van der Waals surface area contributed by atoms with Gasteiger partial charge in [0, 0.05) is 12.6 Å². The Hall–Kier alpha value is -1.58.